The van der Waals surface area contributed by atoms with Gasteiger partial charge in [0, 0.05) is 32.2 Å². The van der Waals surface area contributed by atoms with Crippen LogP contribution in [0.3, 0.4) is 0 Å². The second-order valence-electron chi connectivity index (χ2n) is 4.14. The molecule has 4 heteroatoms. The molecule has 2 unspecified atom stereocenters. The van der Waals surface area contributed by atoms with Gasteiger partial charge in [-0.15, -0.1) is 0 Å². The van der Waals surface area contributed by atoms with Gasteiger partial charge < -0.3 is 15.4 Å². The summed E-state index contributed by atoms with van der Waals surface area (Å²) in [6.45, 7) is 7.06. The molecular weight excluding hydrogens is 190 g/mol. The quantitative estimate of drug-likeness (QED) is 0.540. The van der Waals surface area contributed by atoms with Crippen molar-refractivity contribution < 1.29 is 4.74 Å². The maximum absolute atomic E-state index is 5.33. The lowest BCUT2D eigenvalue weighted by Gasteiger charge is -2.17. The third-order valence-electron chi connectivity index (χ3n) is 2.80. The third-order valence-corrected chi connectivity index (χ3v) is 2.80. The molecule has 0 spiro atoms. The number of hydrogen-bond acceptors (Lipinski definition) is 2. The van der Waals surface area contributed by atoms with Crippen LogP contribution in [0.5, 0.6) is 0 Å². The Labute approximate surface area is 92.5 Å². The molecule has 1 saturated heterocycles. The summed E-state index contributed by atoms with van der Waals surface area (Å²) < 4.78 is 5.33. The molecular formula is C11H23N3O. The van der Waals surface area contributed by atoms with Crippen molar-refractivity contribution in [1.29, 1.82) is 0 Å². The Bertz CT molecular complexity index is 200. The fourth-order valence-electron chi connectivity index (χ4n) is 1.52. The maximum Gasteiger partial charge on any atom is 0.191 e. The second-order valence-corrected chi connectivity index (χ2v) is 4.14. The SMILES string of the molecule is CCC(C)NC(=NC)NCC1CCOC1. The van der Waals surface area contributed by atoms with E-state index in [9.17, 15) is 0 Å². The molecule has 4 nitrogen and oxygen atoms in total. The Hall–Kier alpha value is -0.770. The van der Waals surface area contributed by atoms with Crippen LogP contribution >= 0.6 is 0 Å². The van der Waals surface area contributed by atoms with Crippen molar-refractivity contribution in [2.45, 2.75) is 32.7 Å². The highest BCUT2D eigenvalue weighted by Gasteiger charge is 2.15. The number of nitrogens with one attached hydrogen (secondary N) is 2. The van der Waals surface area contributed by atoms with Crippen LogP contribution in [0.2, 0.25) is 0 Å². The van der Waals surface area contributed by atoms with Crippen LogP contribution in [-0.2, 0) is 4.74 Å². The van der Waals surface area contributed by atoms with E-state index < -0.39 is 0 Å². The van der Waals surface area contributed by atoms with Gasteiger partial charge in [0.05, 0.1) is 6.61 Å². The van der Waals surface area contributed by atoms with Crippen molar-refractivity contribution in [1.82, 2.24) is 10.6 Å². The summed E-state index contributed by atoms with van der Waals surface area (Å²) in [5.41, 5.74) is 0. The van der Waals surface area contributed by atoms with E-state index in [1.54, 1.807) is 0 Å². The molecule has 0 amide bonds. The van der Waals surface area contributed by atoms with Crippen molar-refractivity contribution in [3.05, 3.63) is 0 Å². The Morgan fingerprint density at radius 3 is 2.93 bits per heavy atom. The molecule has 15 heavy (non-hydrogen) atoms. The number of hydrogen-bond donors (Lipinski definition) is 2. The Morgan fingerprint density at radius 2 is 2.40 bits per heavy atom. The van der Waals surface area contributed by atoms with Gasteiger partial charge in [-0.2, -0.15) is 0 Å². The summed E-state index contributed by atoms with van der Waals surface area (Å²) in [6, 6.07) is 0.469. The molecule has 1 fully saturated rings. The molecule has 1 aliphatic rings. The van der Waals surface area contributed by atoms with Crippen LogP contribution in [0.25, 0.3) is 0 Å². The summed E-state index contributed by atoms with van der Waals surface area (Å²) in [5.74, 6) is 1.54. The topological polar surface area (TPSA) is 45.7 Å². The van der Waals surface area contributed by atoms with Crippen LogP contribution in [0.4, 0.5) is 0 Å². The molecule has 0 radical (unpaired) electrons. The van der Waals surface area contributed by atoms with E-state index >= 15 is 0 Å². The van der Waals surface area contributed by atoms with Gasteiger partial charge in [0.1, 0.15) is 0 Å². The smallest absolute Gasteiger partial charge is 0.191 e. The molecule has 88 valence electrons. The monoisotopic (exact) mass is 213 g/mol. The largest absolute Gasteiger partial charge is 0.381 e. The summed E-state index contributed by atoms with van der Waals surface area (Å²) in [7, 11) is 1.81. The lowest BCUT2D eigenvalue weighted by molar-refractivity contribution is 0.186. The normalized spacial score (nSPS) is 23.9. The van der Waals surface area contributed by atoms with Crippen molar-refractivity contribution in [3.8, 4) is 0 Å². The minimum atomic E-state index is 0.469. The summed E-state index contributed by atoms with van der Waals surface area (Å²) in [6.07, 6.45) is 2.26. The lowest BCUT2D eigenvalue weighted by Crippen LogP contribution is -2.43. The molecule has 0 bridgehead atoms. The summed E-state index contributed by atoms with van der Waals surface area (Å²) >= 11 is 0. The third kappa shape index (κ3) is 4.51. The average Bonchev–Trinajstić information content (AvgIpc) is 2.76. The van der Waals surface area contributed by atoms with E-state index in [0.29, 0.717) is 12.0 Å². The molecule has 0 aromatic carbocycles. The van der Waals surface area contributed by atoms with Crippen LogP contribution < -0.4 is 10.6 Å². The zero-order valence-electron chi connectivity index (χ0n) is 10.0. The first-order chi connectivity index (χ1) is 7.26. The zero-order valence-corrected chi connectivity index (χ0v) is 10.0. The molecule has 2 N–H and O–H groups in total. The van der Waals surface area contributed by atoms with Crippen molar-refractivity contribution in [3.63, 3.8) is 0 Å². The number of rotatable bonds is 4. The number of aliphatic imine (C=N–C) groups is 1. The van der Waals surface area contributed by atoms with E-state index in [4.69, 9.17) is 4.74 Å². The van der Waals surface area contributed by atoms with E-state index in [-0.39, 0.29) is 0 Å². The van der Waals surface area contributed by atoms with Crippen LogP contribution in [0, 0.1) is 5.92 Å². The molecule has 2 atom stereocenters. The number of nitrogens with zero attached hydrogens (tertiary/aromatic N) is 1. The van der Waals surface area contributed by atoms with E-state index in [2.05, 4.69) is 29.5 Å². The summed E-state index contributed by atoms with van der Waals surface area (Å²) in [4.78, 5) is 4.19. The van der Waals surface area contributed by atoms with Gasteiger partial charge in [0.15, 0.2) is 5.96 Å². The van der Waals surface area contributed by atoms with Crippen molar-refractivity contribution in [2.24, 2.45) is 10.9 Å². The van der Waals surface area contributed by atoms with Crippen molar-refractivity contribution in [2.75, 3.05) is 26.8 Å². The molecule has 1 aliphatic heterocycles. The molecule has 0 aromatic heterocycles. The molecule has 1 heterocycles. The standard InChI is InChI=1S/C11H23N3O/c1-4-9(2)14-11(12-3)13-7-10-5-6-15-8-10/h9-10H,4-8H2,1-3H3,(H2,12,13,14). The Kier molecular flexibility index (Phi) is 5.47. The van der Waals surface area contributed by atoms with E-state index in [0.717, 1.165) is 38.6 Å². The molecule has 0 aliphatic carbocycles. The lowest BCUT2D eigenvalue weighted by atomic mass is 10.1. The second kappa shape index (κ2) is 6.67. The minimum Gasteiger partial charge on any atom is -0.381 e. The van der Waals surface area contributed by atoms with Gasteiger partial charge in [0.2, 0.25) is 0 Å². The number of ether oxygens (including phenoxy) is 1. The van der Waals surface area contributed by atoms with Gasteiger partial charge in [0.25, 0.3) is 0 Å². The Balaban J connectivity index is 2.21. The van der Waals surface area contributed by atoms with Crippen LogP contribution in [0.1, 0.15) is 26.7 Å². The fourth-order valence-corrected chi connectivity index (χ4v) is 1.52. The van der Waals surface area contributed by atoms with Gasteiger partial charge in [-0.05, 0) is 19.8 Å². The predicted octanol–water partition coefficient (Wildman–Crippen LogP) is 0.986. The first-order valence-corrected chi connectivity index (χ1v) is 5.81. The summed E-state index contributed by atoms with van der Waals surface area (Å²) in [5, 5.41) is 6.67. The highest BCUT2D eigenvalue weighted by atomic mass is 16.5. The predicted molar refractivity (Wildman–Crippen MR) is 63.2 cm³/mol. The molecule has 0 saturated carbocycles. The van der Waals surface area contributed by atoms with Gasteiger partial charge in [-0.25, -0.2) is 0 Å². The molecule has 0 aromatic rings. The van der Waals surface area contributed by atoms with Gasteiger partial charge in [-0.3, -0.25) is 4.99 Å². The van der Waals surface area contributed by atoms with Crippen LogP contribution in [-0.4, -0.2) is 38.8 Å². The van der Waals surface area contributed by atoms with Crippen molar-refractivity contribution >= 4 is 5.96 Å². The number of guanidine groups is 1. The molecule has 1 rings (SSSR count). The maximum atomic E-state index is 5.33. The first-order valence-electron chi connectivity index (χ1n) is 5.81. The van der Waals surface area contributed by atoms with E-state index in [1.807, 2.05) is 7.05 Å². The Morgan fingerprint density at radius 1 is 1.60 bits per heavy atom. The highest BCUT2D eigenvalue weighted by Crippen LogP contribution is 2.10. The average molecular weight is 213 g/mol. The zero-order chi connectivity index (χ0) is 11.1. The van der Waals surface area contributed by atoms with Gasteiger partial charge in [-0.1, -0.05) is 6.92 Å². The van der Waals surface area contributed by atoms with E-state index in [1.165, 1.54) is 0 Å². The first kappa shape index (κ1) is 12.3. The minimum absolute atomic E-state index is 0.469. The van der Waals surface area contributed by atoms with Crippen LogP contribution in [0.15, 0.2) is 4.99 Å². The van der Waals surface area contributed by atoms with Gasteiger partial charge >= 0.3 is 0 Å². The highest BCUT2D eigenvalue weighted by molar-refractivity contribution is 5.79. The fraction of sp³-hybridized carbons (Fsp3) is 0.909.